The fourth-order valence-electron chi connectivity index (χ4n) is 2.19. The number of rotatable bonds is 6. The molecule has 0 aliphatic heterocycles. The number of benzene rings is 1. The first kappa shape index (κ1) is 16.7. The lowest BCUT2D eigenvalue weighted by Crippen LogP contribution is -2.21. The average Bonchev–Trinajstić information content (AvgIpc) is 2.47. The summed E-state index contributed by atoms with van der Waals surface area (Å²) in [5, 5.41) is 3.39. The van der Waals surface area contributed by atoms with Crippen LogP contribution in [-0.2, 0) is 0 Å². The summed E-state index contributed by atoms with van der Waals surface area (Å²) < 4.78 is 1.08. The second kappa shape index (κ2) is 7.58. The van der Waals surface area contributed by atoms with Crippen molar-refractivity contribution in [2.24, 2.45) is 0 Å². The van der Waals surface area contributed by atoms with Gasteiger partial charge in [-0.3, -0.25) is 0 Å². The summed E-state index contributed by atoms with van der Waals surface area (Å²) in [6, 6.07) is 8.14. The van der Waals surface area contributed by atoms with Crippen molar-refractivity contribution in [2.75, 3.05) is 23.8 Å². The van der Waals surface area contributed by atoms with Crippen LogP contribution in [0.1, 0.15) is 31.0 Å². The SMILES string of the molecule is CCCCN(C)c1nc(C)cc(Nc2ccc(Br)cc2C)n1. The molecule has 0 aliphatic rings. The maximum absolute atomic E-state index is 4.64. The Balaban J connectivity index is 2.22. The highest BCUT2D eigenvalue weighted by atomic mass is 79.9. The molecule has 0 saturated carbocycles. The van der Waals surface area contributed by atoms with E-state index in [0.717, 1.165) is 40.6 Å². The van der Waals surface area contributed by atoms with Crippen LogP contribution in [-0.4, -0.2) is 23.6 Å². The van der Waals surface area contributed by atoms with Gasteiger partial charge in [-0.25, -0.2) is 4.98 Å². The van der Waals surface area contributed by atoms with Crippen molar-refractivity contribution >= 4 is 33.4 Å². The van der Waals surface area contributed by atoms with Crippen molar-refractivity contribution in [1.82, 2.24) is 9.97 Å². The second-order valence-corrected chi connectivity index (χ2v) is 6.47. The van der Waals surface area contributed by atoms with E-state index < -0.39 is 0 Å². The van der Waals surface area contributed by atoms with E-state index in [2.05, 4.69) is 62.1 Å². The Morgan fingerprint density at radius 3 is 2.64 bits per heavy atom. The zero-order valence-electron chi connectivity index (χ0n) is 13.7. The van der Waals surface area contributed by atoms with Crippen molar-refractivity contribution in [3.8, 4) is 0 Å². The number of halogens is 1. The third kappa shape index (κ3) is 4.44. The number of aryl methyl sites for hydroxylation is 2. The smallest absolute Gasteiger partial charge is 0.227 e. The molecule has 2 rings (SSSR count). The first-order valence-corrected chi connectivity index (χ1v) is 8.39. The first-order valence-electron chi connectivity index (χ1n) is 7.59. The van der Waals surface area contributed by atoms with Crippen LogP contribution >= 0.6 is 15.9 Å². The van der Waals surface area contributed by atoms with E-state index in [4.69, 9.17) is 0 Å². The fourth-order valence-corrected chi connectivity index (χ4v) is 2.66. The number of hydrogen-bond acceptors (Lipinski definition) is 4. The van der Waals surface area contributed by atoms with Crippen LogP contribution in [0.3, 0.4) is 0 Å². The maximum Gasteiger partial charge on any atom is 0.227 e. The van der Waals surface area contributed by atoms with E-state index >= 15 is 0 Å². The molecule has 0 bridgehead atoms. The molecule has 0 radical (unpaired) electrons. The number of unbranched alkanes of at least 4 members (excludes halogenated alkanes) is 1. The van der Waals surface area contributed by atoms with Gasteiger partial charge in [0.15, 0.2) is 0 Å². The summed E-state index contributed by atoms with van der Waals surface area (Å²) in [5.74, 6) is 1.60. The minimum Gasteiger partial charge on any atom is -0.344 e. The number of nitrogens with one attached hydrogen (secondary N) is 1. The first-order chi connectivity index (χ1) is 10.5. The van der Waals surface area contributed by atoms with Crippen molar-refractivity contribution in [3.05, 3.63) is 40.0 Å². The van der Waals surface area contributed by atoms with Gasteiger partial charge in [0.25, 0.3) is 0 Å². The second-order valence-electron chi connectivity index (χ2n) is 5.55. The molecule has 4 nitrogen and oxygen atoms in total. The highest BCUT2D eigenvalue weighted by molar-refractivity contribution is 9.10. The molecule has 1 aromatic heterocycles. The molecule has 0 unspecified atom stereocenters. The third-order valence-corrected chi connectivity index (χ3v) is 3.98. The van der Waals surface area contributed by atoms with Crippen molar-refractivity contribution in [1.29, 1.82) is 0 Å². The molecule has 1 N–H and O–H groups in total. The van der Waals surface area contributed by atoms with E-state index in [-0.39, 0.29) is 0 Å². The third-order valence-electron chi connectivity index (χ3n) is 3.48. The molecule has 0 spiro atoms. The quantitative estimate of drug-likeness (QED) is 0.798. The Hall–Kier alpha value is -1.62. The number of nitrogens with zero attached hydrogens (tertiary/aromatic N) is 3. The molecule has 1 aromatic carbocycles. The van der Waals surface area contributed by atoms with E-state index in [1.54, 1.807) is 0 Å². The fraction of sp³-hybridized carbons (Fsp3) is 0.412. The summed E-state index contributed by atoms with van der Waals surface area (Å²) in [6.45, 7) is 7.23. The molecule has 22 heavy (non-hydrogen) atoms. The lowest BCUT2D eigenvalue weighted by Gasteiger charge is -2.18. The van der Waals surface area contributed by atoms with Crippen LogP contribution in [0.2, 0.25) is 0 Å². The van der Waals surface area contributed by atoms with Gasteiger partial charge in [-0.2, -0.15) is 4.98 Å². The van der Waals surface area contributed by atoms with Gasteiger partial charge in [0.2, 0.25) is 5.95 Å². The van der Waals surface area contributed by atoms with Crippen LogP contribution in [0.4, 0.5) is 17.5 Å². The summed E-state index contributed by atoms with van der Waals surface area (Å²) >= 11 is 3.49. The highest BCUT2D eigenvalue weighted by Gasteiger charge is 2.08. The van der Waals surface area contributed by atoms with E-state index in [9.17, 15) is 0 Å². The van der Waals surface area contributed by atoms with Gasteiger partial charge < -0.3 is 10.2 Å². The predicted octanol–water partition coefficient (Wildman–Crippen LogP) is 4.84. The topological polar surface area (TPSA) is 41.1 Å². The Bertz CT molecular complexity index is 643. The minimum absolute atomic E-state index is 0.769. The molecule has 0 fully saturated rings. The van der Waals surface area contributed by atoms with Gasteiger partial charge in [-0.15, -0.1) is 0 Å². The monoisotopic (exact) mass is 362 g/mol. The van der Waals surface area contributed by atoms with E-state index in [1.165, 1.54) is 12.0 Å². The number of hydrogen-bond donors (Lipinski definition) is 1. The Labute approximate surface area is 141 Å². The molecule has 0 saturated heterocycles. The van der Waals surface area contributed by atoms with Gasteiger partial charge in [-0.1, -0.05) is 29.3 Å². The van der Waals surface area contributed by atoms with Crippen LogP contribution in [0, 0.1) is 13.8 Å². The highest BCUT2D eigenvalue weighted by Crippen LogP contribution is 2.24. The molecule has 118 valence electrons. The van der Waals surface area contributed by atoms with Gasteiger partial charge in [0.05, 0.1) is 0 Å². The van der Waals surface area contributed by atoms with Gasteiger partial charge in [-0.05, 0) is 44.0 Å². The largest absolute Gasteiger partial charge is 0.344 e. The lowest BCUT2D eigenvalue weighted by molar-refractivity contribution is 0.749. The van der Waals surface area contributed by atoms with Crippen molar-refractivity contribution in [2.45, 2.75) is 33.6 Å². The van der Waals surface area contributed by atoms with Gasteiger partial charge in [0.1, 0.15) is 5.82 Å². The van der Waals surface area contributed by atoms with Crippen molar-refractivity contribution in [3.63, 3.8) is 0 Å². The molecule has 2 aromatic rings. The van der Waals surface area contributed by atoms with E-state index in [1.807, 2.05) is 26.1 Å². The van der Waals surface area contributed by atoms with Gasteiger partial charge >= 0.3 is 0 Å². The molecular formula is C17H23BrN4. The van der Waals surface area contributed by atoms with Crippen LogP contribution in [0.25, 0.3) is 0 Å². The minimum atomic E-state index is 0.769. The van der Waals surface area contributed by atoms with Crippen molar-refractivity contribution < 1.29 is 0 Å². The number of aromatic nitrogens is 2. The summed E-state index contributed by atoms with van der Waals surface area (Å²) in [7, 11) is 2.04. The molecule has 5 heteroatoms. The Morgan fingerprint density at radius 2 is 1.95 bits per heavy atom. The molecule has 0 atom stereocenters. The zero-order chi connectivity index (χ0) is 16.1. The van der Waals surface area contributed by atoms with Gasteiger partial charge in [0, 0.05) is 35.5 Å². The van der Waals surface area contributed by atoms with E-state index in [0.29, 0.717) is 0 Å². The molecule has 0 amide bonds. The Kier molecular flexibility index (Phi) is 5.77. The van der Waals surface area contributed by atoms with Crippen LogP contribution in [0.15, 0.2) is 28.7 Å². The summed E-state index contributed by atoms with van der Waals surface area (Å²) in [6.07, 6.45) is 2.31. The maximum atomic E-state index is 4.64. The standard InChI is InChI=1S/C17H23BrN4/c1-5-6-9-22(4)17-19-13(3)11-16(21-17)20-15-8-7-14(18)10-12(15)2/h7-8,10-11H,5-6,9H2,1-4H3,(H,19,20,21). The predicted molar refractivity (Wildman–Crippen MR) is 97.1 cm³/mol. The van der Waals surface area contributed by atoms with Crippen LogP contribution in [0.5, 0.6) is 0 Å². The average molecular weight is 363 g/mol. The molecule has 0 aliphatic carbocycles. The lowest BCUT2D eigenvalue weighted by atomic mass is 10.2. The molecule has 1 heterocycles. The normalized spacial score (nSPS) is 10.6. The van der Waals surface area contributed by atoms with Crippen LogP contribution < -0.4 is 10.2 Å². The number of anilines is 3. The summed E-state index contributed by atoms with van der Waals surface area (Å²) in [5.41, 5.74) is 3.20. The summed E-state index contributed by atoms with van der Waals surface area (Å²) in [4.78, 5) is 11.3. The molecular weight excluding hydrogens is 340 g/mol. The zero-order valence-corrected chi connectivity index (χ0v) is 15.2. The Morgan fingerprint density at radius 1 is 1.18 bits per heavy atom.